The lowest BCUT2D eigenvalue weighted by molar-refractivity contribution is -0.148. The number of carbonyl (C=O) groups excluding carboxylic acids is 1. The second-order valence-corrected chi connectivity index (χ2v) is 3.47. The fraction of sp³-hybridized carbons (Fsp3) is 0.455. The van der Waals surface area contributed by atoms with Crippen molar-refractivity contribution in [1.82, 2.24) is 5.32 Å². The summed E-state index contributed by atoms with van der Waals surface area (Å²) in [5.41, 5.74) is 0. The molecule has 0 aliphatic carbocycles. The Morgan fingerprint density at radius 1 is 1.44 bits per heavy atom. The van der Waals surface area contributed by atoms with Crippen molar-refractivity contribution in [3.63, 3.8) is 0 Å². The molecule has 0 saturated heterocycles. The zero-order valence-electron chi connectivity index (χ0n) is 10.1. The molecule has 1 aromatic heterocycles. The van der Waals surface area contributed by atoms with Gasteiger partial charge in [-0.25, -0.2) is 4.79 Å². The van der Waals surface area contributed by atoms with Gasteiger partial charge >= 0.3 is 5.97 Å². The number of aliphatic carboxylic acids is 1. The molecule has 0 radical (unpaired) electrons. The molecule has 0 aromatic carbocycles. The summed E-state index contributed by atoms with van der Waals surface area (Å²) in [7, 11) is 2.77. The van der Waals surface area contributed by atoms with E-state index in [1.807, 2.05) is 0 Å². The number of hydrogen-bond acceptors (Lipinski definition) is 5. The zero-order valence-corrected chi connectivity index (χ0v) is 10.1. The quantitative estimate of drug-likeness (QED) is 0.726. The molecule has 7 heteroatoms. The Balaban J connectivity index is 2.51. The lowest BCUT2D eigenvalue weighted by Gasteiger charge is -2.10. The smallest absolute Gasteiger partial charge is 0.334 e. The Labute approximate surface area is 104 Å². The molecule has 1 heterocycles. The van der Waals surface area contributed by atoms with Crippen LogP contribution in [0.15, 0.2) is 16.5 Å². The Hall–Kier alpha value is -1.86. The molecule has 1 unspecified atom stereocenters. The highest BCUT2D eigenvalue weighted by Gasteiger charge is 2.18. The lowest BCUT2D eigenvalue weighted by atomic mass is 10.3. The van der Waals surface area contributed by atoms with Crippen LogP contribution in [0, 0.1) is 0 Å². The van der Waals surface area contributed by atoms with Crippen LogP contribution in [0.25, 0.3) is 0 Å². The first-order valence-corrected chi connectivity index (χ1v) is 5.20. The van der Waals surface area contributed by atoms with Crippen molar-refractivity contribution in [3.05, 3.63) is 23.7 Å². The third-order valence-corrected chi connectivity index (χ3v) is 2.18. The van der Waals surface area contributed by atoms with Crippen LogP contribution in [0.5, 0.6) is 0 Å². The normalized spacial score (nSPS) is 12.1. The molecular formula is C11H15NO6. The Morgan fingerprint density at radius 2 is 2.17 bits per heavy atom. The lowest BCUT2D eigenvalue weighted by Crippen LogP contribution is -2.37. The van der Waals surface area contributed by atoms with E-state index in [-0.39, 0.29) is 18.9 Å². The first kappa shape index (κ1) is 14.2. The van der Waals surface area contributed by atoms with E-state index in [1.54, 1.807) is 6.07 Å². The highest BCUT2D eigenvalue weighted by molar-refractivity contribution is 5.91. The summed E-state index contributed by atoms with van der Waals surface area (Å²) in [5.74, 6) is -1.02. The van der Waals surface area contributed by atoms with Gasteiger partial charge in [-0.2, -0.15) is 0 Å². The van der Waals surface area contributed by atoms with Crippen molar-refractivity contribution in [1.29, 1.82) is 0 Å². The largest absolute Gasteiger partial charge is 0.479 e. The molecular weight excluding hydrogens is 242 g/mol. The predicted molar refractivity (Wildman–Crippen MR) is 60.2 cm³/mol. The van der Waals surface area contributed by atoms with Gasteiger partial charge in [0.25, 0.3) is 5.91 Å². The maximum Gasteiger partial charge on any atom is 0.334 e. The van der Waals surface area contributed by atoms with Gasteiger partial charge in [0.05, 0.1) is 6.54 Å². The summed E-state index contributed by atoms with van der Waals surface area (Å²) in [5, 5.41) is 11.1. The average molecular weight is 257 g/mol. The van der Waals surface area contributed by atoms with E-state index in [1.165, 1.54) is 20.3 Å². The molecule has 0 fully saturated rings. The topological polar surface area (TPSA) is 98.0 Å². The second-order valence-electron chi connectivity index (χ2n) is 3.47. The van der Waals surface area contributed by atoms with Crippen molar-refractivity contribution >= 4 is 11.9 Å². The van der Waals surface area contributed by atoms with E-state index in [0.29, 0.717) is 5.76 Å². The van der Waals surface area contributed by atoms with Gasteiger partial charge in [0, 0.05) is 14.2 Å². The molecule has 0 aliphatic rings. The number of nitrogens with one attached hydrogen (secondary N) is 1. The van der Waals surface area contributed by atoms with Crippen LogP contribution in [-0.4, -0.2) is 43.9 Å². The van der Waals surface area contributed by atoms with E-state index in [4.69, 9.17) is 14.3 Å². The summed E-state index contributed by atoms with van der Waals surface area (Å²) in [6, 6.07) is 3.11. The number of ether oxygens (including phenoxy) is 2. The summed E-state index contributed by atoms with van der Waals surface area (Å²) in [6.07, 6.45) is -1.08. The number of hydrogen-bond donors (Lipinski definition) is 2. The van der Waals surface area contributed by atoms with E-state index in [2.05, 4.69) is 10.1 Å². The standard InChI is InChI=1S/C11H15NO6/c1-16-6-7-3-4-8(18-7)10(13)12-5-9(17-2)11(14)15/h3-4,9H,5-6H2,1-2H3,(H,12,13)(H,14,15). The van der Waals surface area contributed by atoms with Gasteiger partial charge in [-0.3, -0.25) is 4.79 Å². The van der Waals surface area contributed by atoms with Gasteiger partial charge in [0.15, 0.2) is 11.9 Å². The summed E-state index contributed by atoms with van der Waals surface area (Å²) < 4.78 is 14.7. The molecule has 1 aromatic rings. The molecule has 2 N–H and O–H groups in total. The fourth-order valence-electron chi connectivity index (χ4n) is 1.26. The summed E-state index contributed by atoms with van der Waals surface area (Å²) in [6.45, 7) is 0.133. The monoisotopic (exact) mass is 257 g/mol. The minimum atomic E-state index is -1.14. The highest BCUT2D eigenvalue weighted by Crippen LogP contribution is 2.08. The molecule has 0 aliphatic heterocycles. The van der Waals surface area contributed by atoms with Crippen molar-refractivity contribution in [2.45, 2.75) is 12.7 Å². The van der Waals surface area contributed by atoms with Crippen LogP contribution in [0.4, 0.5) is 0 Å². The molecule has 0 saturated carbocycles. The van der Waals surface area contributed by atoms with Crippen LogP contribution in [0.2, 0.25) is 0 Å². The zero-order chi connectivity index (χ0) is 13.5. The van der Waals surface area contributed by atoms with Crippen LogP contribution < -0.4 is 5.32 Å². The van der Waals surface area contributed by atoms with Gasteiger partial charge in [-0.05, 0) is 12.1 Å². The van der Waals surface area contributed by atoms with Crippen molar-refractivity contribution < 1.29 is 28.6 Å². The number of furan rings is 1. The van der Waals surface area contributed by atoms with E-state index >= 15 is 0 Å². The van der Waals surface area contributed by atoms with E-state index in [9.17, 15) is 9.59 Å². The number of amides is 1. The van der Waals surface area contributed by atoms with Gasteiger partial charge in [-0.1, -0.05) is 0 Å². The number of rotatable bonds is 7. The third-order valence-electron chi connectivity index (χ3n) is 2.18. The number of carbonyl (C=O) groups is 2. The number of carboxylic acids is 1. The van der Waals surface area contributed by atoms with E-state index < -0.39 is 18.0 Å². The first-order chi connectivity index (χ1) is 8.58. The highest BCUT2D eigenvalue weighted by atomic mass is 16.5. The third kappa shape index (κ3) is 3.86. The van der Waals surface area contributed by atoms with Gasteiger partial charge in [-0.15, -0.1) is 0 Å². The fourth-order valence-corrected chi connectivity index (χ4v) is 1.26. The molecule has 1 amide bonds. The molecule has 100 valence electrons. The predicted octanol–water partition coefficient (Wildman–Crippen LogP) is 0.255. The van der Waals surface area contributed by atoms with E-state index in [0.717, 1.165) is 0 Å². The Kier molecular flexibility index (Phi) is 5.34. The molecule has 7 nitrogen and oxygen atoms in total. The maximum absolute atomic E-state index is 11.6. The minimum absolute atomic E-state index is 0.0993. The SMILES string of the molecule is COCc1ccc(C(=O)NCC(OC)C(=O)O)o1. The van der Waals surface area contributed by atoms with Crippen LogP contribution in [-0.2, 0) is 20.9 Å². The second kappa shape index (κ2) is 6.77. The van der Waals surface area contributed by atoms with Crippen molar-refractivity contribution in [3.8, 4) is 0 Å². The molecule has 1 atom stereocenters. The summed E-state index contributed by atoms with van der Waals surface area (Å²) in [4.78, 5) is 22.3. The van der Waals surface area contributed by atoms with Gasteiger partial charge < -0.3 is 24.3 Å². The Morgan fingerprint density at radius 3 is 2.72 bits per heavy atom. The number of carboxylic acid groups (broad SMARTS) is 1. The Bertz CT molecular complexity index is 413. The molecule has 0 bridgehead atoms. The van der Waals surface area contributed by atoms with Crippen molar-refractivity contribution in [2.75, 3.05) is 20.8 Å². The van der Waals surface area contributed by atoms with Crippen molar-refractivity contribution in [2.24, 2.45) is 0 Å². The maximum atomic E-state index is 11.6. The average Bonchev–Trinajstić information content (AvgIpc) is 2.78. The van der Waals surface area contributed by atoms with Crippen LogP contribution in [0.1, 0.15) is 16.3 Å². The summed E-state index contributed by atoms with van der Waals surface area (Å²) >= 11 is 0. The van der Waals surface area contributed by atoms with Gasteiger partial charge in [0.2, 0.25) is 0 Å². The minimum Gasteiger partial charge on any atom is -0.479 e. The van der Waals surface area contributed by atoms with Gasteiger partial charge in [0.1, 0.15) is 12.4 Å². The number of methoxy groups -OCH3 is 2. The molecule has 18 heavy (non-hydrogen) atoms. The van der Waals surface area contributed by atoms with Crippen LogP contribution in [0.3, 0.4) is 0 Å². The first-order valence-electron chi connectivity index (χ1n) is 5.20. The molecule has 1 rings (SSSR count). The van der Waals surface area contributed by atoms with Crippen LogP contribution >= 0.6 is 0 Å². The molecule has 0 spiro atoms.